The second-order valence-corrected chi connectivity index (χ2v) is 4.77. The standard InChI is InChI=1S/C11H12BrF2N/c12-8-4-7(11(14)10(13)6-8)5-9-2-1-3-15-9/h4,6,9,15H,1-3,5H2. The third-order valence-electron chi connectivity index (χ3n) is 2.70. The molecule has 1 atom stereocenters. The first-order valence-corrected chi connectivity index (χ1v) is 5.83. The number of hydrogen-bond acceptors (Lipinski definition) is 1. The molecule has 1 aromatic rings. The van der Waals surface area contributed by atoms with Crippen molar-refractivity contribution < 1.29 is 8.78 Å². The van der Waals surface area contributed by atoms with E-state index in [1.807, 2.05) is 0 Å². The Morgan fingerprint density at radius 1 is 1.40 bits per heavy atom. The highest BCUT2D eigenvalue weighted by Gasteiger charge is 2.18. The zero-order valence-electron chi connectivity index (χ0n) is 8.19. The van der Waals surface area contributed by atoms with Crippen LogP contribution in [0.25, 0.3) is 0 Å². The minimum Gasteiger partial charge on any atom is -0.314 e. The van der Waals surface area contributed by atoms with E-state index in [4.69, 9.17) is 0 Å². The molecule has 1 N–H and O–H groups in total. The van der Waals surface area contributed by atoms with Crippen LogP contribution in [0.3, 0.4) is 0 Å². The molecule has 0 amide bonds. The quantitative estimate of drug-likeness (QED) is 0.819. The van der Waals surface area contributed by atoms with Crippen LogP contribution in [0.4, 0.5) is 8.78 Å². The van der Waals surface area contributed by atoms with Gasteiger partial charge in [-0.15, -0.1) is 0 Å². The lowest BCUT2D eigenvalue weighted by atomic mass is 10.0. The van der Waals surface area contributed by atoms with Crippen molar-refractivity contribution in [1.82, 2.24) is 5.32 Å². The van der Waals surface area contributed by atoms with Crippen LogP contribution < -0.4 is 5.32 Å². The van der Waals surface area contributed by atoms with Crippen molar-refractivity contribution in [2.24, 2.45) is 0 Å². The van der Waals surface area contributed by atoms with E-state index in [-0.39, 0.29) is 6.04 Å². The number of benzene rings is 1. The Labute approximate surface area is 96.0 Å². The molecular formula is C11H12BrF2N. The zero-order valence-corrected chi connectivity index (χ0v) is 9.78. The predicted molar refractivity (Wildman–Crippen MR) is 58.8 cm³/mol. The molecular weight excluding hydrogens is 264 g/mol. The molecule has 2 rings (SSSR count). The molecule has 1 nitrogen and oxygen atoms in total. The molecule has 1 aliphatic rings. The summed E-state index contributed by atoms with van der Waals surface area (Å²) in [5, 5.41) is 3.27. The first-order chi connectivity index (χ1) is 7.16. The molecule has 0 spiro atoms. The first-order valence-electron chi connectivity index (χ1n) is 5.03. The molecule has 0 saturated carbocycles. The highest BCUT2D eigenvalue weighted by atomic mass is 79.9. The molecule has 1 unspecified atom stereocenters. The van der Waals surface area contributed by atoms with Crippen LogP contribution in [-0.4, -0.2) is 12.6 Å². The highest BCUT2D eigenvalue weighted by Crippen LogP contribution is 2.22. The van der Waals surface area contributed by atoms with Gasteiger partial charge in [0.2, 0.25) is 0 Å². The van der Waals surface area contributed by atoms with Gasteiger partial charge in [0.25, 0.3) is 0 Å². The molecule has 0 radical (unpaired) electrons. The number of hydrogen-bond donors (Lipinski definition) is 1. The van der Waals surface area contributed by atoms with Crippen molar-refractivity contribution in [2.45, 2.75) is 25.3 Å². The highest BCUT2D eigenvalue weighted by molar-refractivity contribution is 9.10. The van der Waals surface area contributed by atoms with Gasteiger partial charge in [0.15, 0.2) is 11.6 Å². The minimum atomic E-state index is -0.780. The summed E-state index contributed by atoms with van der Waals surface area (Å²) in [5.41, 5.74) is 0.446. The zero-order chi connectivity index (χ0) is 10.8. The Balaban J connectivity index is 2.19. The van der Waals surface area contributed by atoms with Crippen LogP contribution >= 0.6 is 15.9 Å². The van der Waals surface area contributed by atoms with Crippen LogP contribution in [-0.2, 0) is 6.42 Å². The number of nitrogens with one attached hydrogen (secondary N) is 1. The van der Waals surface area contributed by atoms with Crippen LogP contribution in [0, 0.1) is 11.6 Å². The Morgan fingerprint density at radius 3 is 2.87 bits per heavy atom. The third-order valence-corrected chi connectivity index (χ3v) is 3.15. The summed E-state index contributed by atoms with van der Waals surface area (Å²) in [4.78, 5) is 0. The molecule has 82 valence electrons. The maximum atomic E-state index is 13.4. The molecule has 1 fully saturated rings. The van der Waals surface area contributed by atoms with E-state index in [9.17, 15) is 8.78 Å². The van der Waals surface area contributed by atoms with Gasteiger partial charge in [0.1, 0.15) is 0 Å². The maximum Gasteiger partial charge on any atom is 0.162 e. The summed E-state index contributed by atoms with van der Waals surface area (Å²) in [6, 6.07) is 3.09. The Hall–Kier alpha value is -0.480. The van der Waals surface area contributed by atoms with Crippen LogP contribution in [0.2, 0.25) is 0 Å². The number of rotatable bonds is 2. The van der Waals surface area contributed by atoms with Crippen molar-refractivity contribution in [1.29, 1.82) is 0 Å². The molecule has 15 heavy (non-hydrogen) atoms. The Bertz CT molecular complexity index is 362. The minimum absolute atomic E-state index is 0.285. The van der Waals surface area contributed by atoms with E-state index in [0.29, 0.717) is 16.5 Å². The molecule has 0 bridgehead atoms. The second-order valence-electron chi connectivity index (χ2n) is 3.86. The van der Waals surface area contributed by atoms with Gasteiger partial charge in [0, 0.05) is 10.5 Å². The van der Waals surface area contributed by atoms with Crippen LogP contribution in [0.1, 0.15) is 18.4 Å². The molecule has 1 aliphatic heterocycles. The SMILES string of the molecule is Fc1cc(Br)cc(CC2CCCN2)c1F. The summed E-state index contributed by atoms with van der Waals surface area (Å²) in [7, 11) is 0. The summed E-state index contributed by atoms with van der Waals surface area (Å²) in [5.74, 6) is -1.50. The summed E-state index contributed by atoms with van der Waals surface area (Å²) in [6.45, 7) is 0.975. The van der Waals surface area contributed by atoms with Gasteiger partial charge < -0.3 is 5.32 Å². The van der Waals surface area contributed by atoms with Gasteiger partial charge in [-0.2, -0.15) is 0 Å². The average molecular weight is 276 g/mol. The fourth-order valence-corrected chi connectivity index (χ4v) is 2.43. The van der Waals surface area contributed by atoms with Crippen molar-refractivity contribution in [3.63, 3.8) is 0 Å². The smallest absolute Gasteiger partial charge is 0.162 e. The van der Waals surface area contributed by atoms with Crippen LogP contribution in [0.5, 0.6) is 0 Å². The van der Waals surface area contributed by atoms with Crippen molar-refractivity contribution >= 4 is 15.9 Å². The number of halogens is 3. The molecule has 1 saturated heterocycles. The van der Waals surface area contributed by atoms with Gasteiger partial charge in [-0.05, 0) is 43.5 Å². The van der Waals surface area contributed by atoms with Gasteiger partial charge in [-0.3, -0.25) is 0 Å². The Morgan fingerprint density at radius 2 is 2.20 bits per heavy atom. The summed E-state index contributed by atoms with van der Waals surface area (Å²) < 4.78 is 27.1. The van der Waals surface area contributed by atoms with E-state index in [0.717, 1.165) is 25.5 Å². The lowest BCUT2D eigenvalue weighted by Crippen LogP contribution is -2.24. The van der Waals surface area contributed by atoms with Crippen LogP contribution in [0.15, 0.2) is 16.6 Å². The van der Waals surface area contributed by atoms with Gasteiger partial charge in [-0.25, -0.2) is 8.78 Å². The van der Waals surface area contributed by atoms with Crippen molar-refractivity contribution in [3.8, 4) is 0 Å². The lowest BCUT2D eigenvalue weighted by molar-refractivity contribution is 0.487. The topological polar surface area (TPSA) is 12.0 Å². The lowest BCUT2D eigenvalue weighted by Gasteiger charge is -2.11. The Kier molecular flexibility index (Phi) is 3.36. The summed E-state index contributed by atoms with van der Waals surface area (Å²) >= 11 is 3.17. The van der Waals surface area contributed by atoms with E-state index in [1.54, 1.807) is 6.07 Å². The molecule has 4 heteroatoms. The third kappa shape index (κ3) is 2.55. The van der Waals surface area contributed by atoms with E-state index < -0.39 is 11.6 Å². The van der Waals surface area contributed by atoms with E-state index in [1.165, 1.54) is 0 Å². The normalized spacial score (nSPS) is 20.9. The van der Waals surface area contributed by atoms with E-state index >= 15 is 0 Å². The van der Waals surface area contributed by atoms with Gasteiger partial charge in [0.05, 0.1) is 0 Å². The fourth-order valence-electron chi connectivity index (χ4n) is 1.95. The molecule has 0 aliphatic carbocycles. The van der Waals surface area contributed by atoms with E-state index in [2.05, 4.69) is 21.2 Å². The molecule has 1 heterocycles. The maximum absolute atomic E-state index is 13.4. The van der Waals surface area contributed by atoms with Gasteiger partial charge >= 0.3 is 0 Å². The first kappa shape index (κ1) is 11.0. The van der Waals surface area contributed by atoms with Gasteiger partial charge in [-0.1, -0.05) is 15.9 Å². The summed E-state index contributed by atoms with van der Waals surface area (Å²) in [6.07, 6.45) is 2.71. The predicted octanol–water partition coefficient (Wildman–Crippen LogP) is 3.02. The average Bonchev–Trinajstić information content (AvgIpc) is 2.66. The monoisotopic (exact) mass is 275 g/mol. The fraction of sp³-hybridized carbons (Fsp3) is 0.455. The van der Waals surface area contributed by atoms with Crippen molar-refractivity contribution in [2.75, 3.05) is 6.54 Å². The molecule has 0 aromatic heterocycles. The van der Waals surface area contributed by atoms with Crippen molar-refractivity contribution in [3.05, 3.63) is 33.8 Å². The second kappa shape index (κ2) is 4.58. The molecule has 1 aromatic carbocycles. The largest absolute Gasteiger partial charge is 0.314 e.